The quantitative estimate of drug-likeness (QED) is 0.491. The average Bonchev–Trinajstić information content (AvgIpc) is 2.80. The van der Waals surface area contributed by atoms with Crippen LogP contribution in [0.5, 0.6) is 11.5 Å². The molecule has 0 spiro atoms. The van der Waals surface area contributed by atoms with E-state index in [4.69, 9.17) is 14.2 Å². The predicted octanol–water partition coefficient (Wildman–Crippen LogP) is 5.25. The van der Waals surface area contributed by atoms with Crippen molar-refractivity contribution in [2.45, 2.75) is 26.9 Å². The van der Waals surface area contributed by atoms with Crippen LogP contribution < -0.4 is 14.8 Å². The standard InChI is InChI=1S/C26H27NO5/c1-5-31-22-14-13-20(16-23(22)30-4)26(29)32-24(19-9-7-6-8-10-19)25(28)27-21-15-17(2)11-12-18(21)3/h6-16,24H,5H2,1-4H3,(H,27,28). The van der Waals surface area contributed by atoms with E-state index < -0.39 is 18.0 Å². The molecule has 0 fully saturated rings. The van der Waals surface area contributed by atoms with Crippen molar-refractivity contribution in [2.75, 3.05) is 19.0 Å². The van der Waals surface area contributed by atoms with Gasteiger partial charge >= 0.3 is 5.97 Å². The summed E-state index contributed by atoms with van der Waals surface area (Å²) in [6.45, 7) is 6.18. The number of carbonyl (C=O) groups excluding carboxylic acids is 2. The van der Waals surface area contributed by atoms with E-state index in [0.717, 1.165) is 11.1 Å². The number of hydrogen-bond acceptors (Lipinski definition) is 5. The summed E-state index contributed by atoms with van der Waals surface area (Å²) in [5.41, 5.74) is 3.43. The summed E-state index contributed by atoms with van der Waals surface area (Å²) < 4.78 is 16.5. The number of amides is 1. The van der Waals surface area contributed by atoms with Crippen LogP contribution in [-0.4, -0.2) is 25.6 Å². The molecule has 1 unspecified atom stereocenters. The molecule has 0 aliphatic carbocycles. The maximum absolute atomic E-state index is 13.2. The highest BCUT2D eigenvalue weighted by molar-refractivity contribution is 5.98. The van der Waals surface area contributed by atoms with Gasteiger partial charge in [-0.2, -0.15) is 0 Å². The molecule has 1 atom stereocenters. The molecule has 166 valence electrons. The lowest BCUT2D eigenvalue weighted by atomic mass is 10.1. The van der Waals surface area contributed by atoms with Gasteiger partial charge in [-0.15, -0.1) is 0 Å². The summed E-state index contributed by atoms with van der Waals surface area (Å²) in [5, 5.41) is 2.89. The molecule has 0 aliphatic heterocycles. The van der Waals surface area contributed by atoms with Crippen molar-refractivity contribution >= 4 is 17.6 Å². The third-order valence-electron chi connectivity index (χ3n) is 4.92. The smallest absolute Gasteiger partial charge is 0.339 e. The highest BCUT2D eigenvalue weighted by Gasteiger charge is 2.26. The highest BCUT2D eigenvalue weighted by Crippen LogP contribution is 2.30. The summed E-state index contributed by atoms with van der Waals surface area (Å²) in [6, 6.07) is 19.5. The lowest BCUT2D eigenvalue weighted by Gasteiger charge is -2.19. The van der Waals surface area contributed by atoms with Gasteiger partial charge in [0.2, 0.25) is 6.10 Å². The largest absolute Gasteiger partial charge is 0.493 e. The van der Waals surface area contributed by atoms with Crippen LogP contribution in [0.4, 0.5) is 5.69 Å². The fourth-order valence-electron chi connectivity index (χ4n) is 3.21. The van der Waals surface area contributed by atoms with Gasteiger partial charge in [0.15, 0.2) is 11.5 Å². The Kier molecular flexibility index (Phi) is 7.49. The lowest BCUT2D eigenvalue weighted by molar-refractivity contribution is -0.125. The molecule has 6 nitrogen and oxygen atoms in total. The Balaban J connectivity index is 1.87. The van der Waals surface area contributed by atoms with Crippen molar-refractivity contribution in [3.8, 4) is 11.5 Å². The molecule has 6 heteroatoms. The van der Waals surface area contributed by atoms with Crippen LogP contribution >= 0.6 is 0 Å². The number of rotatable bonds is 8. The van der Waals surface area contributed by atoms with Gasteiger partial charge in [-0.3, -0.25) is 4.79 Å². The van der Waals surface area contributed by atoms with Crippen molar-refractivity contribution in [1.82, 2.24) is 0 Å². The van der Waals surface area contributed by atoms with Crippen LogP contribution in [0.15, 0.2) is 66.7 Å². The summed E-state index contributed by atoms with van der Waals surface area (Å²) in [5.74, 6) is -0.135. The van der Waals surface area contributed by atoms with E-state index in [-0.39, 0.29) is 5.56 Å². The number of hydrogen-bond donors (Lipinski definition) is 1. The number of esters is 1. The van der Waals surface area contributed by atoms with Gasteiger partial charge in [-0.1, -0.05) is 42.5 Å². The summed E-state index contributed by atoms with van der Waals surface area (Å²) in [6.07, 6.45) is -1.12. The topological polar surface area (TPSA) is 73.9 Å². The molecule has 1 amide bonds. The first-order valence-electron chi connectivity index (χ1n) is 10.4. The molecule has 0 aromatic heterocycles. The second-order valence-electron chi connectivity index (χ2n) is 7.30. The maximum atomic E-state index is 13.2. The zero-order valence-electron chi connectivity index (χ0n) is 18.7. The molecule has 0 aliphatic rings. The van der Waals surface area contributed by atoms with Crippen molar-refractivity contribution < 1.29 is 23.8 Å². The number of aryl methyl sites for hydroxylation is 2. The molecule has 0 saturated heterocycles. The number of nitrogens with one attached hydrogen (secondary N) is 1. The van der Waals surface area contributed by atoms with Crippen LogP contribution in [0.1, 0.15) is 40.1 Å². The zero-order chi connectivity index (χ0) is 23.1. The Morgan fingerprint density at radius 3 is 2.38 bits per heavy atom. The molecule has 3 aromatic rings. The molecular formula is C26H27NO5. The molecular weight excluding hydrogens is 406 g/mol. The number of methoxy groups -OCH3 is 1. The summed E-state index contributed by atoms with van der Waals surface area (Å²) in [7, 11) is 1.50. The molecule has 0 heterocycles. The number of ether oxygens (including phenoxy) is 3. The maximum Gasteiger partial charge on any atom is 0.339 e. The van der Waals surface area contributed by atoms with Gasteiger partial charge in [0, 0.05) is 11.3 Å². The second kappa shape index (κ2) is 10.5. The van der Waals surface area contributed by atoms with Gasteiger partial charge in [-0.05, 0) is 56.2 Å². The SMILES string of the molecule is CCOc1ccc(C(=O)OC(C(=O)Nc2cc(C)ccc2C)c2ccccc2)cc1OC. The Morgan fingerprint density at radius 2 is 1.69 bits per heavy atom. The van der Waals surface area contributed by atoms with Crippen LogP contribution in [0.2, 0.25) is 0 Å². The van der Waals surface area contributed by atoms with Crippen LogP contribution in [0.3, 0.4) is 0 Å². The van der Waals surface area contributed by atoms with E-state index in [1.807, 2.05) is 45.0 Å². The van der Waals surface area contributed by atoms with Crippen LogP contribution in [0.25, 0.3) is 0 Å². The van der Waals surface area contributed by atoms with Gasteiger partial charge in [0.1, 0.15) is 0 Å². The first-order chi connectivity index (χ1) is 15.4. The van der Waals surface area contributed by atoms with E-state index in [0.29, 0.717) is 29.4 Å². The normalized spacial score (nSPS) is 11.4. The molecule has 32 heavy (non-hydrogen) atoms. The number of benzene rings is 3. The number of anilines is 1. The molecule has 3 rings (SSSR count). The minimum Gasteiger partial charge on any atom is -0.493 e. The Hall–Kier alpha value is -3.80. The minimum atomic E-state index is -1.12. The lowest BCUT2D eigenvalue weighted by Crippen LogP contribution is -2.26. The summed E-state index contributed by atoms with van der Waals surface area (Å²) in [4.78, 5) is 26.1. The number of carbonyl (C=O) groups is 2. The monoisotopic (exact) mass is 433 g/mol. The highest BCUT2D eigenvalue weighted by atomic mass is 16.5. The van der Waals surface area contributed by atoms with Gasteiger partial charge < -0.3 is 19.5 Å². The van der Waals surface area contributed by atoms with E-state index in [9.17, 15) is 9.59 Å². The third-order valence-corrected chi connectivity index (χ3v) is 4.92. The third kappa shape index (κ3) is 5.46. The Labute approximate surface area is 188 Å². The van der Waals surface area contributed by atoms with E-state index in [1.54, 1.807) is 36.4 Å². The average molecular weight is 434 g/mol. The van der Waals surface area contributed by atoms with Gasteiger partial charge in [0.25, 0.3) is 5.91 Å². The van der Waals surface area contributed by atoms with Gasteiger partial charge in [0.05, 0.1) is 19.3 Å². The van der Waals surface area contributed by atoms with Crippen LogP contribution in [-0.2, 0) is 9.53 Å². The fraction of sp³-hybridized carbons (Fsp3) is 0.231. The Morgan fingerprint density at radius 1 is 0.938 bits per heavy atom. The molecule has 0 bridgehead atoms. The Bertz CT molecular complexity index is 1090. The first-order valence-corrected chi connectivity index (χ1v) is 10.4. The predicted molar refractivity (Wildman–Crippen MR) is 123 cm³/mol. The van der Waals surface area contributed by atoms with Crippen molar-refractivity contribution in [3.05, 3.63) is 89.0 Å². The van der Waals surface area contributed by atoms with Crippen molar-refractivity contribution in [3.63, 3.8) is 0 Å². The van der Waals surface area contributed by atoms with E-state index in [2.05, 4.69) is 5.32 Å². The van der Waals surface area contributed by atoms with E-state index in [1.165, 1.54) is 13.2 Å². The summed E-state index contributed by atoms with van der Waals surface area (Å²) >= 11 is 0. The fourth-order valence-corrected chi connectivity index (χ4v) is 3.21. The van der Waals surface area contributed by atoms with E-state index >= 15 is 0 Å². The van der Waals surface area contributed by atoms with Crippen molar-refractivity contribution in [1.29, 1.82) is 0 Å². The first kappa shape index (κ1) is 22.9. The second-order valence-corrected chi connectivity index (χ2v) is 7.30. The van der Waals surface area contributed by atoms with Crippen molar-refractivity contribution in [2.24, 2.45) is 0 Å². The molecule has 1 N–H and O–H groups in total. The van der Waals surface area contributed by atoms with Gasteiger partial charge in [-0.25, -0.2) is 4.79 Å². The molecule has 0 saturated carbocycles. The molecule has 0 radical (unpaired) electrons. The zero-order valence-corrected chi connectivity index (χ0v) is 18.7. The van der Waals surface area contributed by atoms with Crippen LogP contribution in [0, 0.1) is 13.8 Å². The minimum absolute atomic E-state index is 0.255. The molecule has 3 aromatic carbocycles.